The number of fused-ring (bicyclic) bond motifs is 1. The van der Waals surface area contributed by atoms with E-state index >= 15 is 0 Å². The molecule has 1 fully saturated rings. The third kappa shape index (κ3) is 2.93. The smallest absolute Gasteiger partial charge is 0.348 e. The van der Waals surface area contributed by atoms with E-state index in [4.69, 9.17) is 4.74 Å². The van der Waals surface area contributed by atoms with E-state index < -0.39 is 0 Å². The van der Waals surface area contributed by atoms with E-state index in [1.807, 2.05) is 24.3 Å². The highest BCUT2D eigenvalue weighted by atomic mass is 32.1. The number of benzene rings is 1. The van der Waals surface area contributed by atoms with Crippen LogP contribution in [0.1, 0.15) is 29.9 Å². The second kappa shape index (κ2) is 5.48. The molecular formula is C16H17NO3S. The van der Waals surface area contributed by atoms with Crippen LogP contribution in [-0.4, -0.2) is 18.5 Å². The molecule has 1 aliphatic rings. The summed E-state index contributed by atoms with van der Waals surface area (Å²) in [6, 6.07) is 7.51. The second-order valence-electron chi connectivity index (χ2n) is 5.39. The van der Waals surface area contributed by atoms with E-state index in [9.17, 15) is 9.59 Å². The summed E-state index contributed by atoms with van der Waals surface area (Å²) in [7, 11) is 0. The van der Waals surface area contributed by atoms with Gasteiger partial charge in [0.05, 0.1) is 6.61 Å². The molecule has 0 spiro atoms. The minimum atomic E-state index is -0.295. The monoisotopic (exact) mass is 303 g/mol. The van der Waals surface area contributed by atoms with E-state index in [2.05, 4.69) is 12.2 Å². The topological polar surface area (TPSA) is 55.4 Å². The van der Waals surface area contributed by atoms with Crippen molar-refractivity contribution in [2.45, 2.75) is 20.3 Å². The molecule has 0 aliphatic heterocycles. The fourth-order valence-electron chi connectivity index (χ4n) is 2.35. The summed E-state index contributed by atoms with van der Waals surface area (Å²) in [6.45, 7) is 4.24. The highest BCUT2D eigenvalue weighted by Gasteiger charge is 2.39. The van der Waals surface area contributed by atoms with E-state index in [0.29, 0.717) is 17.4 Å². The maximum Gasteiger partial charge on any atom is 0.348 e. The number of carbonyl (C=O) groups excluding carboxylic acids is 2. The van der Waals surface area contributed by atoms with Crippen LogP contribution in [-0.2, 0) is 9.53 Å². The van der Waals surface area contributed by atoms with Crippen LogP contribution in [0.4, 0.5) is 5.69 Å². The van der Waals surface area contributed by atoms with Crippen molar-refractivity contribution in [2.24, 2.45) is 11.8 Å². The maximum absolute atomic E-state index is 11.9. The number of nitrogens with one attached hydrogen (secondary N) is 1. The zero-order chi connectivity index (χ0) is 15.0. The SMILES string of the molecule is CCOC(=O)c1cc2cc(NC(=O)C3CC3C)ccc2s1. The van der Waals surface area contributed by atoms with E-state index in [1.54, 1.807) is 6.92 Å². The number of ether oxygens (including phenoxy) is 1. The van der Waals surface area contributed by atoms with Gasteiger partial charge in [0.1, 0.15) is 4.88 Å². The molecule has 3 rings (SSSR count). The van der Waals surface area contributed by atoms with E-state index in [1.165, 1.54) is 11.3 Å². The van der Waals surface area contributed by atoms with Crippen molar-refractivity contribution in [3.63, 3.8) is 0 Å². The quantitative estimate of drug-likeness (QED) is 0.877. The summed E-state index contributed by atoms with van der Waals surface area (Å²) < 4.78 is 6.02. The number of thiophene rings is 1. The fourth-order valence-corrected chi connectivity index (χ4v) is 3.28. The van der Waals surface area contributed by atoms with Gasteiger partial charge in [-0.2, -0.15) is 0 Å². The van der Waals surface area contributed by atoms with Crippen LogP contribution >= 0.6 is 11.3 Å². The predicted octanol–water partition coefficient (Wildman–Crippen LogP) is 3.67. The summed E-state index contributed by atoms with van der Waals surface area (Å²) in [4.78, 5) is 24.3. The van der Waals surface area contributed by atoms with Crippen molar-refractivity contribution in [1.29, 1.82) is 0 Å². The molecule has 0 saturated heterocycles. The number of esters is 1. The Morgan fingerprint density at radius 3 is 2.81 bits per heavy atom. The Morgan fingerprint density at radius 1 is 1.38 bits per heavy atom. The first kappa shape index (κ1) is 14.1. The third-order valence-corrected chi connectivity index (χ3v) is 4.80. The average Bonchev–Trinajstić information content (AvgIpc) is 3.03. The average molecular weight is 303 g/mol. The van der Waals surface area contributed by atoms with Crippen molar-refractivity contribution in [3.05, 3.63) is 29.1 Å². The van der Waals surface area contributed by atoms with Gasteiger partial charge < -0.3 is 10.1 Å². The van der Waals surface area contributed by atoms with Crippen molar-refractivity contribution in [3.8, 4) is 0 Å². The lowest BCUT2D eigenvalue weighted by atomic mass is 10.2. The molecule has 0 radical (unpaired) electrons. The van der Waals surface area contributed by atoms with E-state index in [0.717, 1.165) is 22.2 Å². The Hall–Kier alpha value is -1.88. The second-order valence-corrected chi connectivity index (χ2v) is 6.48. The summed E-state index contributed by atoms with van der Waals surface area (Å²) in [6.07, 6.45) is 0.972. The van der Waals surface area contributed by atoms with Crippen LogP contribution in [0.15, 0.2) is 24.3 Å². The molecule has 1 amide bonds. The molecular weight excluding hydrogens is 286 g/mol. The van der Waals surface area contributed by atoms with Gasteiger partial charge >= 0.3 is 5.97 Å². The van der Waals surface area contributed by atoms with Gasteiger partial charge in [0.2, 0.25) is 5.91 Å². The fraction of sp³-hybridized carbons (Fsp3) is 0.375. The van der Waals surface area contributed by atoms with Gasteiger partial charge in [-0.15, -0.1) is 11.3 Å². The highest BCUT2D eigenvalue weighted by molar-refractivity contribution is 7.20. The minimum absolute atomic E-state index is 0.0858. The highest BCUT2D eigenvalue weighted by Crippen LogP contribution is 2.38. The first-order valence-corrected chi connectivity index (χ1v) is 7.91. The lowest BCUT2D eigenvalue weighted by Gasteiger charge is -2.04. The van der Waals surface area contributed by atoms with Crippen LogP contribution < -0.4 is 5.32 Å². The summed E-state index contributed by atoms with van der Waals surface area (Å²) >= 11 is 1.40. The normalized spacial score (nSPS) is 20.3. The third-order valence-electron chi connectivity index (χ3n) is 3.71. The zero-order valence-electron chi connectivity index (χ0n) is 12.0. The first-order chi connectivity index (χ1) is 10.1. The Bertz CT molecular complexity index is 707. The van der Waals surface area contributed by atoms with Crippen molar-refractivity contribution in [2.75, 3.05) is 11.9 Å². The molecule has 2 unspecified atom stereocenters. The number of carbonyl (C=O) groups is 2. The number of hydrogen-bond acceptors (Lipinski definition) is 4. The van der Waals surface area contributed by atoms with Crippen LogP contribution in [0, 0.1) is 11.8 Å². The lowest BCUT2D eigenvalue weighted by molar-refractivity contribution is -0.117. The Balaban J connectivity index is 1.79. The number of anilines is 1. The molecule has 21 heavy (non-hydrogen) atoms. The molecule has 1 saturated carbocycles. The standard InChI is InChI=1S/C16H17NO3S/c1-3-20-16(19)14-8-10-7-11(4-5-13(10)21-14)17-15(18)12-6-9(12)2/h4-5,7-9,12H,3,6H2,1-2H3,(H,17,18). The first-order valence-electron chi connectivity index (χ1n) is 7.10. The molecule has 1 aromatic heterocycles. The minimum Gasteiger partial charge on any atom is -0.462 e. The Kier molecular flexibility index (Phi) is 3.68. The largest absolute Gasteiger partial charge is 0.462 e. The van der Waals surface area contributed by atoms with Gasteiger partial charge in [-0.25, -0.2) is 4.79 Å². The molecule has 1 aliphatic carbocycles. The van der Waals surface area contributed by atoms with Crippen LogP contribution in [0.3, 0.4) is 0 Å². The number of hydrogen-bond donors (Lipinski definition) is 1. The Labute approximate surface area is 127 Å². The summed E-state index contributed by atoms with van der Waals surface area (Å²) in [5.41, 5.74) is 0.778. The van der Waals surface area contributed by atoms with Gasteiger partial charge in [-0.1, -0.05) is 6.92 Å². The number of rotatable bonds is 4. The van der Waals surface area contributed by atoms with Crippen molar-refractivity contribution in [1.82, 2.24) is 0 Å². The molecule has 1 heterocycles. The molecule has 1 aromatic carbocycles. The van der Waals surface area contributed by atoms with Crippen molar-refractivity contribution >= 4 is 39.0 Å². The molecule has 1 N–H and O–H groups in total. The maximum atomic E-state index is 11.9. The molecule has 4 nitrogen and oxygen atoms in total. The molecule has 5 heteroatoms. The van der Waals surface area contributed by atoms with Gasteiger partial charge in [-0.3, -0.25) is 4.79 Å². The van der Waals surface area contributed by atoms with Gasteiger partial charge in [0, 0.05) is 16.3 Å². The summed E-state index contributed by atoms with van der Waals surface area (Å²) in [5, 5.41) is 3.89. The van der Waals surface area contributed by atoms with Crippen LogP contribution in [0.5, 0.6) is 0 Å². The van der Waals surface area contributed by atoms with Crippen molar-refractivity contribution < 1.29 is 14.3 Å². The summed E-state index contributed by atoms with van der Waals surface area (Å²) in [5.74, 6) is 0.433. The van der Waals surface area contributed by atoms with Gasteiger partial charge in [0.25, 0.3) is 0 Å². The molecule has 0 bridgehead atoms. The lowest BCUT2D eigenvalue weighted by Crippen LogP contribution is -2.14. The molecule has 110 valence electrons. The number of amides is 1. The van der Waals surface area contributed by atoms with Crippen LogP contribution in [0.2, 0.25) is 0 Å². The van der Waals surface area contributed by atoms with Gasteiger partial charge in [-0.05, 0) is 48.9 Å². The zero-order valence-corrected chi connectivity index (χ0v) is 12.8. The van der Waals surface area contributed by atoms with Crippen LogP contribution in [0.25, 0.3) is 10.1 Å². The Morgan fingerprint density at radius 2 is 2.14 bits per heavy atom. The van der Waals surface area contributed by atoms with Gasteiger partial charge in [0.15, 0.2) is 0 Å². The molecule has 2 atom stereocenters. The molecule has 2 aromatic rings. The van der Waals surface area contributed by atoms with E-state index in [-0.39, 0.29) is 17.8 Å². The predicted molar refractivity (Wildman–Crippen MR) is 83.7 cm³/mol.